The molecule has 4 rings (SSSR count). The summed E-state index contributed by atoms with van der Waals surface area (Å²) in [5, 5.41) is 18.7. The number of phenols is 1. The molecular formula is C18H18N4O4S2. The van der Waals surface area contributed by atoms with E-state index in [1.54, 1.807) is 28.6 Å². The number of benzene rings is 1. The van der Waals surface area contributed by atoms with Gasteiger partial charge in [-0.3, -0.25) is 0 Å². The van der Waals surface area contributed by atoms with Crippen molar-refractivity contribution in [3.05, 3.63) is 52.1 Å². The van der Waals surface area contributed by atoms with Crippen molar-refractivity contribution in [2.45, 2.75) is 12.3 Å². The minimum Gasteiger partial charge on any atom is -0.508 e. The average molecular weight is 419 g/mol. The summed E-state index contributed by atoms with van der Waals surface area (Å²) in [7, 11) is 0. The van der Waals surface area contributed by atoms with Crippen LogP contribution in [0, 0.1) is 0 Å². The molecule has 1 fully saturated rings. The molecule has 0 unspecified atom stereocenters. The molecule has 0 atom stereocenters. The van der Waals surface area contributed by atoms with E-state index in [-0.39, 0.29) is 5.75 Å². The van der Waals surface area contributed by atoms with E-state index in [0.717, 1.165) is 34.1 Å². The van der Waals surface area contributed by atoms with Crippen LogP contribution in [0.2, 0.25) is 0 Å². The highest BCUT2D eigenvalue weighted by Gasteiger charge is 2.15. The van der Waals surface area contributed by atoms with E-state index in [2.05, 4.69) is 15.2 Å². The summed E-state index contributed by atoms with van der Waals surface area (Å²) >= 11 is 7.03. The van der Waals surface area contributed by atoms with Crippen molar-refractivity contribution in [2.75, 3.05) is 26.3 Å². The molecule has 28 heavy (non-hydrogen) atoms. The Kier molecular flexibility index (Phi) is 5.60. The first kappa shape index (κ1) is 18.9. The van der Waals surface area contributed by atoms with E-state index in [4.69, 9.17) is 21.4 Å². The number of hydrogen-bond donors (Lipinski definition) is 1. The SMILES string of the molecule is O=c1cc(Cn2cc(CSC(=S)N3CCOCC3)nn2)c2ccc(O)cc2o1. The number of rotatable bonds is 4. The number of ether oxygens (including phenoxy) is 1. The lowest BCUT2D eigenvalue weighted by molar-refractivity contribution is 0.0702. The summed E-state index contributed by atoms with van der Waals surface area (Å²) < 4.78 is 13.0. The van der Waals surface area contributed by atoms with E-state index in [1.807, 2.05) is 6.20 Å². The molecular weight excluding hydrogens is 400 g/mol. The average Bonchev–Trinajstić information content (AvgIpc) is 3.13. The van der Waals surface area contributed by atoms with Gasteiger partial charge in [0.1, 0.15) is 15.7 Å². The third-order valence-corrected chi connectivity index (χ3v) is 5.90. The van der Waals surface area contributed by atoms with Gasteiger partial charge in [0.2, 0.25) is 0 Å². The zero-order valence-electron chi connectivity index (χ0n) is 14.9. The van der Waals surface area contributed by atoms with Crippen molar-refractivity contribution in [1.82, 2.24) is 19.9 Å². The number of thiocarbonyl (C=S) groups is 1. The molecule has 2 aromatic heterocycles. The number of hydrogen-bond acceptors (Lipinski definition) is 8. The van der Waals surface area contributed by atoms with Gasteiger partial charge in [-0.1, -0.05) is 29.2 Å². The largest absolute Gasteiger partial charge is 0.508 e. The molecule has 146 valence electrons. The predicted molar refractivity (Wildman–Crippen MR) is 110 cm³/mol. The van der Waals surface area contributed by atoms with Crippen molar-refractivity contribution in [2.24, 2.45) is 0 Å². The molecule has 1 aromatic carbocycles. The molecule has 1 aliphatic rings. The fraction of sp³-hybridized carbons (Fsp3) is 0.333. The van der Waals surface area contributed by atoms with Gasteiger partial charge in [-0.15, -0.1) is 5.10 Å². The molecule has 0 saturated carbocycles. The van der Waals surface area contributed by atoms with Crippen LogP contribution in [0.15, 0.2) is 39.7 Å². The second-order valence-corrected chi connectivity index (χ2v) is 7.94. The third-order valence-electron chi connectivity index (χ3n) is 4.35. The number of nitrogens with zero attached hydrogens (tertiary/aromatic N) is 4. The van der Waals surface area contributed by atoms with Gasteiger partial charge in [-0.25, -0.2) is 9.48 Å². The first-order valence-corrected chi connectivity index (χ1v) is 10.1. The van der Waals surface area contributed by atoms with E-state index >= 15 is 0 Å². The number of morpholine rings is 1. The van der Waals surface area contributed by atoms with Gasteiger partial charge in [0, 0.05) is 42.6 Å². The lowest BCUT2D eigenvalue weighted by Crippen LogP contribution is -2.38. The Bertz CT molecular complexity index is 1060. The van der Waals surface area contributed by atoms with Crippen molar-refractivity contribution in [1.29, 1.82) is 0 Å². The summed E-state index contributed by atoms with van der Waals surface area (Å²) in [6.07, 6.45) is 1.84. The Hall–Kier alpha value is -2.43. The summed E-state index contributed by atoms with van der Waals surface area (Å²) in [4.78, 5) is 14.0. The van der Waals surface area contributed by atoms with Crippen molar-refractivity contribution < 1.29 is 14.3 Å². The molecule has 8 nitrogen and oxygen atoms in total. The predicted octanol–water partition coefficient (Wildman–Crippen LogP) is 1.99. The number of thioether (sulfide) groups is 1. The second-order valence-electron chi connectivity index (χ2n) is 6.33. The monoisotopic (exact) mass is 418 g/mol. The number of aromatic nitrogens is 3. The minimum absolute atomic E-state index is 0.0455. The van der Waals surface area contributed by atoms with Crippen LogP contribution in [-0.2, 0) is 17.0 Å². The standard InChI is InChI=1S/C18H18N4O4S2/c23-14-1-2-15-12(7-17(24)26-16(15)8-14)9-22-10-13(19-20-22)11-28-18(27)21-3-5-25-6-4-21/h1-2,7-8,10,23H,3-6,9,11H2. The fourth-order valence-electron chi connectivity index (χ4n) is 2.98. The Morgan fingerprint density at radius 2 is 2.11 bits per heavy atom. The third kappa shape index (κ3) is 4.34. The van der Waals surface area contributed by atoms with Gasteiger partial charge in [0.25, 0.3) is 0 Å². The van der Waals surface area contributed by atoms with Gasteiger partial charge in [0.05, 0.1) is 25.5 Å². The molecule has 0 bridgehead atoms. The normalized spacial score (nSPS) is 14.5. The van der Waals surface area contributed by atoms with Gasteiger partial charge in [0.15, 0.2) is 0 Å². The van der Waals surface area contributed by atoms with Crippen LogP contribution in [0.5, 0.6) is 5.75 Å². The van der Waals surface area contributed by atoms with Gasteiger partial charge in [-0.05, 0) is 17.7 Å². The number of fused-ring (bicyclic) bond motifs is 1. The van der Waals surface area contributed by atoms with Crippen LogP contribution in [-0.4, -0.2) is 55.6 Å². The van der Waals surface area contributed by atoms with Gasteiger partial charge < -0.3 is 19.2 Å². The smallest absolute Gasteiger partial charge is 0.336 e. The zero-order valence-corrected chi connectivity index (χ0v) is 16.5. The first-order valence-electron chi connectivity index (χ1n) is 8.73. The topological polar surface area (TPSA) is 93.6 Å². The van der Waals surface area contributed by atoms with Crippen LogP contribution >= 0.6 is 24.0 Å². The van der Waals surface area contributed by atoms with Crippen molar-refractivity contribution >= 4 is 39.3 Å². The van der Waals surface area contributed by atoms with Crippen LogP contribution in [0.25, 0.3) is 11.0 Å². The molecule has 10 heteroatoms. The van der Waals surface area contributed by atoms with Gasteiger partial charge in [-0.2, -0.15) is 0 Å². The van der Waals surface area contributed by atoms with Crippen LogP contribution < -0.4 is 5.63 Å². The van der Waals surface area contributed by atoms with Crippen molar-refractivity contribution in [3.8, 4) is 5.75 Å². The summed E-state index contributed by atoms with van der Waals surface area (Å²) in [6.45, 7) is 3.41. The maximum absolute atomic E-state index is 11.8. The summed E-state index contributed by atoms with van der Waals surface area (Å²) in [5.74, 6) is 0.672. The molecule has 0 amide bonds. The highest BCUT2D eigenvalue weighted by Crippen LogP contribution is 2.22. The number of aromatic hydroxyl groups is 1. The Balaban J connectivity index is 1.44. The Morgan fingerprint density at radius 3 is 2.93 bits per heavy atom. The van der Waals surface area contributed by atoms with E-state index < -0.39 is 5.63 Å². The fourth-order valence-corrected chi connectivity index (χ4v) is 4.11. The minimum atomic E-state index is -0.472. The Morgan fingerprint density at radius 1 is 1.29 bits per heavy atom. The summed E-state index contributed by atoms with van der Waals surface area (Å²) in [5.41, 5.74) is 1.43. The van der Waals surface area contributed by atoms with Gasteiger partial charge >= 0.3 is 5.63 Å². The van der Waals surface area contributed by atoms with Crippen LogP contribution in [0.4, 0.5) is 0 Å². The molecule has 3 heterocycles. The van der Waals surface area contributed by atoms with Crippen molar-refractivity contribution in [3.63, 3.8) is 0 Å². The first-order chi connectivity index (χ1) is 13.6. The molecule has 1 saturated heterocycles. The maximum atomic E-state index is 11.8. The van der Waals surface area contributed by atoms with Crippen LogP contribution in [0.3, 0.4) is 0 Å². The molecule has 1 N–H and O–H groups in total. The maximum Gasteiger partial charge on any atom is 0.336 e. The Labute approximate surface area is 170 Å². The van der Waals surface area contributed by atoms with E-state index in [9.17, 15) is 9.90 Å². The zero-order chi connectivity index (χ0) is 19.5. The summed E-state index contributed by atoms with van der Waals surface area (Å²) in [6, 6.07) is 6.14. The van der Waals surface area contributed by atoms with Crippen LogP contribution in [0.1, 0.15) is 11.3 Å². The highest BCUT2D eigenvalue weighted by molar-refractivity contribution is 8.22. The quantitative estimate of drug-likeness (QED) is 0.504. The molecule has 0 spiro atoms. The number of phenolic OH excluding ortho intramolecular Hbond substituents is 1. The lowest BCUT2D eigenvalue weighted by Gasteiger charge is -2.28. The van der Waals surface area contributed by atoms with E-state index in [0.29, 0.717) is 31.1 Å². The lowest BCUT2D eigenvalue weighted by atomic mass is 10.1. The molecule has 1 aliphatic heterocycles. The highest BCUT2D eigenvalue weighted by atomic mass is 32.2. The second kappa shape index (κ2) is 8.29. The molecule has 0 aliphatic carbocycles. The molecule has 0 radical (unpaired) electrons. The molecule has 3 aromatic rings. The van der Waals surface area contributed by atoms with E-state index in [1.165, 1.54) is 12.1 Å².